The Morgan fingerprint density at radius 2 is 2.00 bits per heavy atom. The van der Waals surface area contributed by atoms with Crippen LogP contribution in [0.15, 0.2) is 18.2 Å². The molecule has 1 aromatic rings. The molecule has 1 aromatic carbocycles. The molecule has 0 saturated carbocycles. The molecule has 17 heavy (non-hydrogen) atoms. The van der Waals surface area contributed by atoms with Crippen molar-refractivity contribution < 1.29 is 19.1 Å². The number of Topliss-reactive ketones (excluding diaryl/α,β-unsaturated/α-hetero) is 1. The van der Waals surface area contributed by atoms with Crippen LogP contribution < -0.4 is 4.74 Å². The Morgan fingerprint density at radius 3 is 2.59 bits per heavy atom. The van der Waals surface area contributed by atoms with Crippen molar-refractivity contribution in [2.45, 2.75) is 20.8 Å². The largest absolute Gasteiger partial charge is 0.481 e. The Hall–Kier alpha value is -1.84. The van der Waals surface area contributed by atoms with Crippen molar-refractivity contribution in [1.29, 1.82) is 0 Å². The zero-order valence-corrected chi connectivity index (χ0v) is 10.3. The second-order valence-corrected chi connectivity index (χ2v) is 3.60. The minimum Gasteiger partial charge on any atom is -0.481 e. The van der Waals surface area contributed by atoms with Crippen LogP contribution in [-0.2, 0) is 9.53 Å². The molecule has 0 amide bonds. The van der Waals surface area contributed by atoms with E-state index in [1.165, 1.54) is 6.92 Å². The average molecular weight is 236 g/mol. The van der Waals surface area contributed by atoms with Crippen molar-refractivity contribution in [3.63, 3.8) is 0 Å². The standard InChI is InChI=1S/C13H16O4/c1-4-16-12(15)8-17-11-7-5-6-9(2)13(11)10(3)14/h5-7H,4,8H2,1-3H3. The Morgan fingerprint density at radius 1 is 1.29 bits per heavy atom. The Bertz CT molecular complexity index is 423. The first-order valence-corrected chi connectivity index (χ1v) is 5.45. The van der Waals surface area contributed by atoms with Gasteiger partial charge in [0.2, 0.25) is 0 Å². The van der Waals surface area contributed by atoms with Crippen LogP contribution in [0.1, 0.15) is 29.8 Å². The first kappa shape index (κ1) is 13.2. The molecule has 0 unspecified atom stereocenters. The van der Waals surface area contributed by atoms with E-state index in [2.05, 4.69) is 0 Å². The third-order valence-corrected chi connectivity index (χ3v) is 2.24. The maximum Gasteiger partial charge on any atom is 0.344 e. The van der Waals surface area contributed by atoms with E-state index in [1.807, 2.05) is 13.0 Å². The van der Waals surface area contributed by atoms with Crippen LogP contribution in [0.4, 0.5) is 0 Å². The van der Waals surface area contributed by atoms with Gasteiger partial charge in [0.1, 0.15) is 5.75 Å². The minimum absolute atomic E-state index is 0.0815. The second kappa shape index (κ2) is 6.03. The van der Waals surface area contributed by atoms with E-state index in [0.29, 0.717) is 17.9 Å². The summed E-state index contributed by atoms with van der Waals surface area (Å²) in [6.45, 7) is 5.16. The van der Waals surface area contributed by atoms with Gasteiger partial charge < -0.3 is 9.47 Å². The van der Waals surface area contributed by atoms with E-state index in [0.717, 1.165) is 5.56 Å². The summed E-state index contributed by atoms with van der Waals surface area (Å²) in [5, 5.41) is 0. The first-order chi connectivity index (χ1) is 8.06. The molecule has 0 N–H and O–H groups in total. The summed E-state index contributed by atoms with van der Waals surface area (Å²) in [5.41, 5.74) is 1.34. The van der Waals surface area contributed by atoms with Crippen molar-refractivity contribution in [3.8, 4) is 5.75 Å². The quantitative estimate of drug-likeness (QED) is 0.580. The number of ketones is 1. The van der Waals surface area contributed by atoms with Crippen molar-refractivity contribution in [1.82, 2.24) is 0 Å². The van der Waals surface area contributed by atoms with Gasteiger partial charge in [-0.05, 0) is 32.4 Å². The van der Waals surface area contributed by atoms with Gasteiger partial charge >= 0.3 is 5.97 Å². The smallest absolute Gasteiger partial charge is 0.344 e. The molecular formula is C13H16O4. The van der Waals surface area contributed by atoms with Crippen LogP contribution in [0.2, 0.25) is 0 Å². The molecule has 4 heteroatoms. The summed E-state index contributed by atoms with van der Waals surface area (Å²) in [7, 11) is 0. The predicted molar refractivity (Wildman–Crippen MR) is 63.3 cm³/mol. The molecule has 0 aliphatic carbocycles. The molecule has 0 spiro atoms. The highest BCUT2D eigenvalue weighted by atomic mass is 16.6. The fraction of sp³-hybridized carbons (Fsp3) is 0.385. The molecule has 0 fully saturated rings. The Balaban J connectivity index is 2.81. The van der Waals surface area contributed by atoms with Gasteiger partial charge in [0.25, 0.3) is 0 Å². The van der Waals surface area contributed by atoms with Gasteiger partial charge in [-0.25, -0.2) is 4.79 Å². The maximum atomic E-state index is 11.5. The molecule has 0 aliphatic heterocycles. The molecule has 0 saturated heterocycles. The van der Waals surface area contributed by atoms with Crippen LogP contribution in [0.3, 0.4) is 0 Å². The zero-order valence-electron chi connectivity index (χ0n) is 10.3. The number of hydrogen-bond acceptors (Lipinski definition) is 4. The van der Waals surface area contributed by atoms with Gasteiger partial charge in [-0.3, -0.25) is 4.79 Å². The van der Waals surface area contributed by atoms with Crippen molar-refractivity contribution in [3.05, 3.63) is 29.3 Å². The molecule has 0 radical (unpaired) electrons. The highest BCUT2D eigenvalue weighted by Crippen LogP contribution is 2.22. The highest BCUT2D eigenvalue weighted by molar-refractivity contribution is 5.98. The number of benzene rings is 1. The molecule has 0 bridgehead atoms. The Labute approximate surface area is 101 Å². The highest BCUT2D eigenvalue weighted by Gasteiger charge is 2.12. The molecular weight excluding hydrogens is 220 g/mol. The average Bonchev–Trinajstić information content (AvgIpc) is 2.26. The normalized spacial score (nSPS) is 9.82. The zero-order chi connectivity index (χ0) is 12.8. The lowest BCUT2D eigenvalue weighted by atomic mass is 10.0. The van der Waals surface area contributed by atoms with Crippen LogP contribution in [0.5, 0.6) is 5.75 Å². The van der Waals surface area contributed by atoms with Crippen LogP contribution >= 0.6 is 0 Å². The SMILES string of the molecule is CCOC(=O)COc1cccc(C)c1C(C)=O. The molecule has 4 nitrogen and oxygen atoms in total. The molecule has 0 atom stereocenters. The fourth-order valence-electron chi connectivity index (χ4n) is 1.55. The number of aryl methyl sites for hydroxylation is 1. The predicted octanol–water partition coefficient (Wildman–Crippen LogP) is 2.14. The number of esters is 1. The van der Waals surface area contributed by atoms with E-state index in [4.69, 9.17) is 9.47 Å². The molecule has 1 rings (SSSR count). The van der Waals surface area contributed by atoms with E-state index in [-0.39, 0.29) is 12.4 Å². The van der Waals surface area contributed by atoms with E-state index in [9.17, 15) is 9.59 Å². The van der Waals surface area contributed by atoms with Crippen molar-refractivity contribution >= 4 is 11.8 Å². The van der Waals surface area contributed by atoms with Gasteiger partial charge in [-0.15, -0.1) is 0 Å². The second-order valence-electron chi connectivity index (χ2n) is 3.60. The number of ether oxygens (including phenoxy) is 2. The third-order valence-electron chi connectivity index (χ3n) is 2.24. The third kappa shape index (κ3) is 3.59. The Kier molecular flexibility index (Phi) is 4.69. The summed E-state index contributed by atoms with van der Waals surface area (Å²) in [6, 6.07) is 5.28. The van der Waals surface area contributed by atoms with Gasteiger partial charge in [-0.1, -0.05) is 12.1 Å². The van der Waals surface area contributed by atoms with Gasteiger partial charge in [0.05, 0.1) is 12.2 Å². The number of carbonyl (C=O) groups excluding carboxylic acids is 2. The first-order valence-electron chi connectivity index (χ1n) is 5.45. The fourth-order valence-corrected chi connectivity index (χ4v) is 1.55. The minimum atomic E-state index is -0.441. The molecule has 0 aromatic heterocycles. The van der Waals surface area contributed by atoms with E-state index in [1.54, 1.807) is 19.1 Å². The molecule has 92 valence electrons. The van der Waals surface area contributed by atoms with E-state index >= 15 is 0 Å². The lowest BCUT2D eigenvalue weighted by Crippen LogP contribution is -2.16. The lowest BCUT2D eigenvalue weighted by Gasteiger charge is -2.11. The summed E-state index contributed by atoms with van der Waals surface area (Å²) >= 11 is 0. The summed E-state index contributed by atoms with van der Waals surface area (Å²) in [4.78, 5) is 22.6. The van der Waals surface area contributed by atoms with Gasteiger partial charge in [-0.2, -0.15) is 0 Å². The topological polar surface area (TPSA) is 52.6 Å². The maximum absolute atomic E-state index is 11.5. The summed E-state index contributed by atoms with van der Waals surface area (Å²) < 4.78 is 10.0. The summed E-state index contributed by atoms with van der Waals surface area (Å²) in [6.07, 6.45) is 0. The van der Waals surface area contributed by atoms with Crippen molar-refractivity contribution in [2.24, 2.45) is 0 Å². The molecule has 0 heterocycles. The van der Waals surface area contributed by atoms with Crippen molar-refractivity contribution in [2.75, 3.05) is 13.2 Å². The monoisotopic (exact) mass is 236 g/mol. The summed E-state index contributed by atoms with van der Waals surface area (Å²) in [5.74, 6) is -0.101. The van der Waals surface area contributed by atoms with Gasteiger partial charge in [0, 0.05) is 0 Å². The van der Waals surface area contributed by atoms with Gasteiger partial charge in [0.15, 0.2) is 12.4 Å². The van der Waals surface area contributed by atoms with Crippen LogP contribution in [-0.4, -0.2) is 25.0 Å². The number of carbonyl (C=O) groups is 2. The number of hydrogen-bond donors (Lipinski definition) is 0. The van der Waals surface area contributed by atoms with Crippen LogP contribution in [0.25, 0.3) is 0 Å². The number of rotatable bonds is 5. The lowest BCUT2D eigenvalue weighted by molar-refractivity contribution is -0.145. The van der Waals surface area contributed by atoms with Crippen LogP contribution in [0, 0.1) is 6.92 Å². The van der Waals surface area contributed by atoms with E-state index < -0.39 is 5.97 Å². The molecule has 0 aliphatic rings.